The van der Waals surface area contributed by atoms with E-state index in [-0.39, 0.29) is 38.3 Å². The Kier molecular flexibility index (Phi) is 6.93. The number of carbonyl (C=O) groups is 1. The molecule has 1 aromatic heterocycles. The summed E-state index contributed by atoms with van der Waals surface area (Å²) in [5.74, 6) is -2.48. The summed E-state index contributed by atoms with van der Waals surface area (Å²) in [6, 6.07) is 10.2. The van der Waals surface area contributed by atoms with Gasteiger partial charge in [-0.25, -0.2) is 4.98 Å². The lowest BCUT2D eigenvalue weighted by Crippen LogP contribution is -2.30. The molecule has 0 aliphatic carbocycles. The standard InChI is InChI=1S/C19H9Cl3F3N5O2/c20-10-5-12(21)15(13(22)6-10)32-18-27-8-14(29-17(31)19(23,24)25)16(30-18)28-11-3-1-9(7-26)2-4-11/h1-6,8H,(H,29,31)(H,27,28,30). The normalized spacial score (nSPS) is 10.9. The first kappa shape index (κ1) is 23.4. The predicted octanol–water partition coefficient (Wildman–Crippen LogP) is 6.35. The summed E-state index contributed by atoms with van der Waals surface area (Å²) < 4.78 is 43.6. The first-order valence-corrected chi connectivity index (χ1v) is 9.55. The Morgan fingerprint density at radius 1 is 1.09 bits per heavy atom. The molecule has 7 nitrogen and oxygen atoms in total. The molecule has 0 saturated carbocycles. The van der Waals surface area contributed by atoms with E-state index in [4.69, 9.17) is 44.8 Å². The highest BCUT2D eigenvalue weighted by Crippen LogP contribution is 2.38. The first-order chi connectivity index (χ1) is 15.1. The monoisotopic (exact) mass is 501 g/mol. The van der Waals surface area contributed by atoms with Crippen LogP contribution in [0.1, 0.15) is 5.56 Å². The molecule has 2 N–H and O–H groups in total. The molecule has 0 aliphatic heterocycles. The summed E-state index contributed by atoms with van der Waals surface area (Å²) in [5, 5.41) is 13.6. The molecule has 0 fully saturated rings. The number of alkyl halides is 3. The third-order valence-electron chi connectivity index (χ3n) is 3.71. The van der Waals surface area contributed by atoms with E-state index in [0.29, 0.717) is 11.3 Å². The average Bonchev–Trinajstić information content (AvgIpc) is 2.72. The molecular weight excluding hydrogens is 494 g/mol. The van der Waals surface area contributed by atoms with Gasteiger partial charge in [0.05, 0.1) is 27.9 Å². The molecule has 3 aromatic rings. The number of nitriles is 1. The molecule has 13 heteroatoms. The van der Waals surface area contributed by atoms with E-state index >= 15 is 0 Å². The molecule has 1 heterocycles. The summed E-state index contributed by atoms with van der Waals surface area (Å²) in [4.78, 5) is 19.2. The van der Waals surface area contributed by atoms with Gasteiger partial charge in [0.15, 0.2) is 11.6 Å². The van der Waals surface area contributed by atoms with Gasteiger partial charge in [0, 0.05) is 10.7 Å². The van der Waals surface area contributed by atoms with Crippen molar-refractivity contribution in [1.29, 1.82) is 5.26 Å². The van der Waals surface area contributed by atoms with Gasteiger partial charge in [0.1, 0.15) is 5.69 Å². The molecule has 0 spiro atoms. The van der Waals surface area contributed by atoms with Crippen molar-refractivity contribution in [2.45, 2.75) is 6.18 Å². The van der Waals surface area contributed by atoms with Crippen LogP contribution in [0.25, 0.3) is 0 Å². The van der Waals surface area contributed by atoms with Gasteiger partial charge in [-0.1, -0.05) is 34.8 Å². The Morgan fingerprint density at radius 2 is 1.72 bits per heavy atom. The first-order valence-electron chi connectivity index (χ1n) is 8.41. The average molecular weight is 503 g/mol. The van der Waals surface area contributed by atoms with E-state index < -0.39 is 12.1 Å². The van der Waals surface area contributed by atoms with Crippen molar-refractivity contribution in [1.82, 2.24) is 9.97 Å². The molecule has 2 aromatic carbocycles. The Hall–Kier alpha value is -3.26. The lowest BCUT2D eigenvalue weighted by molar-refractivity contribution is -0.167. The van der Waals surface area contributed by atoms with Crippen LogP contribution in [0.5, 0.6) is 11.8 Å². The number of hydrogen-bond acceptors (Lipinski definition) is 6. The second-order valence-electron chi connectivity index (χ2n) is 5.98. The Bertz CT molecular complexity index is 1190. The highest BCUT2D eigenvalue weighted by Gasteiger charge is 2.39. The fourth-order valence-corrected chi connectivity index (χ4v) is 3.17. The number of nitrogens with one attached hydrogen (secondary N) is 2. The van der Waals surface area contributed by atoms with Crippen LogP contribution < -0.4 is 15.4 Å². The SMILES string of the molecule is N#Cc1ccc(Nc2nc(Oc3c(Cl)cc(Cl)cc3Cl)ncc2NC(=O)C(F)(F)F)cc1. The number of carbonyl (C=O) groups excluding carboxylic acids is 1. The van der Waals surface area contributed by atoms with E-state index in [1.807, 2.05) is 6.07 Å². The zero-order valence-electron chi connectivity index (χ0n) is 15.5. The molecule has 0 atom stereocenters. The fraction of sp³-hybridized carbons (Fsp3) is 0.0526. The number of benzene rings is 2. The lowest BCUT2D eigenvalue weighted by atomic mass is 10.2. The molecule has 0 saturated heterocycles. The topological polar surface area (TPSA) is 99.9 Å². The number of rotatable bonds is 5. The van der Waals surface area contributed by atoms with Crippen LogP contribution in [0, 0.1) is 11.3 Å². The van der Waals surface area contributed by atoms with Crippen molar-refractivity contribution >= 4 is 57.9 Å². The van der Waals surface area contributed by atoms with Gasteiger partial charge in [-0.05, 0) is 36.4 Å². The smallest absolute Gasteiger partial charge is 0.421 e. The molecule has 3 rings (SSSR count). The maximum Gasteiger partial charge on any atom is 0.471 e. The van der Waals surface area contributed by atoms with Gasteiger partial charge in [-0.15, -0.1) is 0 Å². The van der Waals surface area contributed by atoms with Gasteiger partial charge in [0.2, 0.25) is 0 Å². The number of anilines is 3. The third kappa shape index (κ3) is 5.70. The highest BCUT2D eigenvalue weighted by atomic mass is 35.5. The fourth-order valence-electron chi connectivity index (χ4n) is 2.28. The van der Waals surface area contributed by atoms with Crippen molar-refractivity contribution in [3.05, 3.63) is 63.2 Å². The van der Waals surface area contributed by atoms with Crippen molar-refractivity contribution in [2.24, 2.45) is 0 Å². The van der Waals surface area contributed by atoms with E-state index in [1.54, 1.807) is 5.32 Å². The van der Waals surface area contributed by atoms with Crippen LogP contribution in [0.3, 0.4) is 0 Å². The maximum atomic E-state index is 12.7. The number of halogens is 6. The number of hydrogen-bond donors (Lipinski definition) is 2. The minimum atomic E-state index is -5.13. The lowest BCUT2D eigenvalue weighted by Gasteiger charge is -2.15. The third-order valence-corrected chi connectivity index (χ3v) is 4.49. The molecule has 1 amide bonds. The van der Waals surface area contributed by atoms with E-state index in [0.717, 1.165) is 6.20 Å². The maximum absolute atomic E-state index is 12.7. The van der Waals surface area contributed by atoms with Crippen molar-refractivity contribution in [3.8, 4) is 17.8 Å². The highest BCUT2D eigenvalue weighted by molar-refractivity contribution is 6.40. The summed E-state index contributed by atoms with van der Waals surface area (Å²) >= 11 is 18.0. The van der Waals surface area contributed by atoms with Crippen LogP contribution in [0.4, 0.5) is 30.4 Å². The summed E-state index contributed by atoms with van der Waals surface area (Å²) in [5.41, 5.74) is 0.343. The van der Waals surface area contributed by atoms with E-state index in [9.17, 15) is 18.0 Å². The molecule has 164 valence electrons. The zero-order valence-corrected chi connectivity index (χ0v) is 17.7. The quantitative estimate of drug-likeness (QED) is 0.422. The number of ether oxygens (including phenoxy) is 1. The number of nitrogens with zero attached hydrogens (tertiary/aromatic N) is 3. The Morgan fingerprint density at radius 3 is 2.28 bits per heavy atom. The number of aromatic nitrogens is 2. The van der Waals surface area contributed by atoms with Crippen LogP contribution >= 0.6 is 34.8 Å². The second-order valence-corrected chi connectivity index (χ2v) is 7.23. The molecule has 0 radical (unpaired) electrons. The van der Waals surface area contributed by atoms with Crippen LogP contribution in [-0.2, 0) is 4.79 Å². The van der Waals surface area contributed by atoms with Crippen LogP contribution in [0.2, 0.25) is 15.1 Å². The molecular formula is C19H9Cl3F3N5O2. The minimum absolute atomic E-state index is 0.0332. The van der Waals surface area contributed by atoms with Crippen LogP contribution in [0.15, 0.2) is 42.6 Å². The predicted molar refractivity (Wildman–Crippen MR) is 113 cm³/mol. The van der Waals surface area contributed by atoms with Crippen molar-refractivity contribution in [3.63, 3.8) is 0 Å². The van der Waals surface area contributed by atoms with Crippen molar-refractivity contribution in [2.75, 3.05) is 10.6 Å². The van der Waals surface area contributed by atoms with Gasteiger partial charge < -0.3 is 15.4 Å². The molecule has 0 aliphatic rings. The number of amides is 1. The summed E-state index contributed by atoms with van der Waals surface area (Å²) in [6.45, 7) is 0. The minimum Gasteiger partial charge on any atom is -0.421 e. The van der Waals surface area contributed by atoms with Gasteiger partial charge in [0.25, 0.3) is 0 Å². The van der Waals surface area contributed by atoms with Gasteiger partial charge in [-0.2, -0.15) is 23.4 Å². The molecule has 32 heavy (non-hydrogen) atoms. The van der Waals surface area contributed by atoms with Crippen LogP contribution in [-0.4, -0.2) is 22.1 Å². The van der Waals surface area contributed by atoms with Gasteiger partial charge in [-0.3, -0.25) is 4.79 Å². The second kappa shape index (κ2) is 9.48. The van der Waals surface area contributed by atoms with E-state index in [1.165, 1.54) is 36.4 Å². The largest absolute Gasteiger partial charge is 0.471 e. The van der Waals surface area contributed by atoms with E-state index in [2.05, 4.69) is 15.3 Å². The Labute approximate surface area is 193 Å². The zero-order chi connectivity index (χ0) is 23.5. The van der Waals surface area contributed by atoms with Gasteiger partial charge >= 0.3 is 18.1 Å². The van der Waals surface area contributed by atoms with Crippen molar-refractivity contribution < 1.29 is 22.7 Å². The summed E-state index contributed by atoms with van der Waals surface area (Å²) in [6.07, 6.45) is -4.22. The molecule has 0 bridgehead atoms. The summed E-state index contributed by atoms with van der Waals surface area (Å²) in [7, 11) is 0. The Balaban J connectivity index is 1.97. The molecule has 0 unspecified atom stereocenters.